The van der Waals surface area contributed by atoms with Gasteiger partial charge in [0.25, 0.3) is 5.79 Å². The van der Waals surface area contributed by atoms with Gasteiger partial charge in [-0.15, -0.1) is 0 Å². The topological polar surface area (TPSA) is 52.6 Å². The van der Waals surface area contributed by atoms with Gasteiger partial charge in [-0.25, -0.2) is 8.78 Å². The minimum absolute atomic E-state index is 0.0204. The molecule has 4 aromatic carbocycles. The van der Waals surface area contributed by atoms with Crippen molar-refractivity contribution in [1.82, 2.24) is 0 Å². The zero-order valence-corrected chi connectivity index (χ0v) is 25.8. The molecule has 2 aliphatic carbocycles. The standard InChI is InChI=1S/C41H34F2O4/c42-31-15-11-27(12-16-31)33-23-41(46-37-21-29(19-35(44)39(33)37)25-7-3-1-4-8-25)24-34(28-13-17-32(43)18-14-28)40-36(45)20-30(22-38(40)47-41)26-9-5-2-6-10-26/h1-18,29-30,33-34H,19-24H2. The molecular formula is C41H34F2O4. The summed E-state index contributed by atoms with van der Waals surface area (Å²) in [6.45, 7) is 0. The molecule has 4 nitrogen and oxygen atoms in total. The summed E-state index contributed by atoms with van der Waals surface area (Å²) in [7, 11) is 0. The third-order valence-corrected chi connectivity index (χ3v) is 10.4. The van der Waals surface area contributed by atoms with E-state index in [0.717, 1.165) is 22.3 Å². The van der Waals surface area contributed by atoms with Gasteiger partial charge in [-0.3, -0.25) is 9.59 Å². The number of Topliss-reactive ketones (excluding diaryl/α,β-unsaturated/α-hetero) is 2. The highest BCUT2D eigenvalue weighted by molar-refractivity contribution is 6.00. The summed E-state index contributed by atoms with van der Waals surface area (Å²) in [5.74, 6) is -1.56. The predicted molar refractivity (Wildman–Crippen MR) is 173 cm³/mol. The van der Waals surface area contributed by atoms with E-state index in [0.29, 0.717) is 61.2 Å². The fraction of sp³-hybridized carbons (Fsp3) is 0.268. The van der Waals surface area contributed by atoms with Crippen molar-refractivity contribution in [2.75, 3.05) is 0 Å². The summed E-state index contributed by atoms with van der Waals surface area (Å²) >= 11 is 0. The van der Waals surface area contributed by atoms with E-state index in [1.807, 2.05) is 60.7 Å². The molecule has 47 heavy (non-hydrogen) atoms. The second-order valence-electron chi connectivity index (χ2n) is 13.3. The largest absolute Gasteiger partial charge is 0.456 e. The molecule has 4 aliphatic rings. The molecular weight excluding hydrogens is 594 g/mol. The Labute approximate surface area is 272 Å². The summed E-state index contributed by atoms with van der Waals surface area (Å²) in [5, 5.41) is 0. The number of ketones is 2. The molecule has 4 aromatic rings. The number of hydrogen-bond acceptors (Lipinski definition) is 4. The van der Waals surface area contributed by atoms with Crippen molar-refractivity contribution in [3.8, 4) is 0 Å². The van der Waals surface area contributed by atoms with Gasteiger partial charge in [0.2, 0.25) is 0 Å². The van der Waals surface area contributed by atoms with Gasteiger partial charge in [0.15, 0.2) is 11.6 Å². The average molecular weight is 629 g/mol. The summed E-state index contributed by atoms with van der Waals surface area (Å²) < 4.78 is 42.2. The number of benzene rings is 4. The molecule has 0 bridgehead atoms. The Balaban J connectivity index is 1.24. The lowest BCUT2D eigenvalue weighted by Gasteiger charge is -2.50. The third kappa shape index (κ3) is 5.50. The summed E-state index contributed by atoms with van der Waals surface area (Å²) in [4.78, 5) is 28.0. The highest BCUT2D eigenvalue weighted by atomic mass is 19.1. The molecule has 236 valence electrons. The quantitative estimate of drug-likeness (QED) is 0.226. The highest BCUT2D eigenvalue weighted by Crippen LogP contribution is 2.57. The van der Waals surface area contributed by atoms with Crippen LogP contribution in [-0.4, -0.2) is 17.4 Å². The molecule has 2 heterocycles. The van der Waals surface area contributed by atoms with Crippen LogP contribution in [0.3, 0.4) is 0 Å². The van der Waals surface area contributed by atoms with Crippen LogP contribution < -0.4 is 0 Å². The zero-order valence-electron chi connectivity index (χ0n) is 25.8. The highest BCUT2D eigenvalue weighted by Gasteiger charge is 2.54. The first-order valence-corrected chi connectivity index (χ1v) is 16.4. The minimum atomic E-state index is -1.20. The van der Waals surface area contributed by atoms with Gasteiger partial charge in [0.05, 0.1) is 0 Å². The normalized spacial score (nSPS) is 27.2. The van der Waals surface area contributed by atoms with Crippen LogP contribution in [-0.2, 0) is 19.1 Å². The summed E-state index contributed by atoms with van der Waals surface area (Å²) in [6.07, 6.45) is 2.39. The summed E-state index contributed by atoms with van der Waals surface area (Å²) in [5.41, 5.74) is 5.01. The second kappa shape index (κ2) is 11.8. The Kier molecular flexibility index (Phi) is 7.39. The number of hydrogen-bond donors (Lipinski definition) is 0. The molecule has 6 heteroatoms. The fourth-order valence-corrected chi connectivity index (χ4v) is 8.19. The van der Waals surface area contributed by atoms with Crippen LogP contribution in [0.1, 0.15) is 84.5 Å². The van der Waals surface area contributed by atoms with Crippen LogP contribution in [0.25, 0.3) is 0 Å². The lowest BCUT2D eigenvalue weighted by atomic mass is 9.69. The zero-order chi connectivity index (χ0) is 32.1. The molecule has 0 saturated carbocycles. The first-order valence-electron chi connectivity index (χ1n) is 16.4. The maximum Gasteiger partial charge on any atom is 0.252 e. The smallest absolute Gasteiger partial charge is 0.252 e. The second-order valence-corrected chi connectivity index (χ2v) is 13.3. The van der Waals surface area contributed by atoms with Gasteiger partial charge in [0.1, 0.15) is 23.2 Å². The number of rotatable bonds is 4. The molecule has 4 unspecified atom stereocenters. The molecule has 4 atom stereocenters. The van der Waals surface area contributed by atoms with Gasteiger partial charge < -0.3 is 9.47 Å². The molecule has 0 amide bonds. The van der Waals surface area contributed by atoms with Crippen molar-refractivity contribution in [3.05, 3.63) is 166 Å². The number of ether oxygens (including phenoxy) is 2. The van der Waals surface area contributed by atoms with Crippen LogP contribution >= 0.6 is 0 Å². The molecule has 8 rings (SSSR count). The maximum atomic E-state index is 14.1. The maximum absolute atomic E-state index is 14.1. The van der Waals surface area contributed by atoms with E-state index in [4.69, 9.17) is 9.47 Å². The fourth-order valence-electron chi connectivity index (χ4n) is 8.19. The van der Waals surface area contributed by atoms with Crippen LogP contribution in [0.2, 0.25) is 0 Å². The molecule has 1 spiro atoms. The van der Waals surface area contributed by atoms with Gasteiger partial charge in [-0.1, -0.05) is 84.9 Å². The van der Waals surface area contributed by atoms with Crippen LogP contribution in [0.4, 0.5) is 8.78 Å². The number of allylic oxidation sites excluding steroid dienone is 4. The van der Waals surface area contributed by atoms with E-state index in [2.05, 4.69) is 0 Å². The van der Waals surface area contributed by atoms with E-state index < -0.39 is 5.79 Å². The Morgan fingerprint density at radius 3 is 1.26 bits per heavy atom. The van der Waals surface area contributed by atoms with Crippen molar-refractivity contribution in [2.45, 2.75) is 68.0 Å². The number of halogens is 2. The Morgan fingerprint density at radius 2 is 0.872 bits per heavy atom. The average Bonchev–Trinajstić information content (AvgIpc) is 3.08. The Morgan fingerprint density at radius 1 is 0.489 bits per heavy atom. The van der Waals surface area contributed by atoms with Crippen LogP contribution in [0, 0.1) is 11.6 Å². The molecule has 2 aliphatic heterocycles. The van der Waals surface area contributed by atoms with Gasteiger partial charge in [-0.2, -0.15) is 0 Å². The van der Waals surface area contributed by atoms with E-state index in [-0.39, 0.29) is 46.9 Å². The lowest BCUT2D eigenvalue weighted by molar-refractivity contribution is -0.225. The first-order chi connectivity index (χ1) is 22.9. The van der Waals surface area contributed by atoms with Crippen LogP contribution in [0.15, 0.2) is 132 Å². The Bertz CT molecular complexity index is 1750. The first kappa shape index (κ1) is 29.6. The van der Waals surface area contributed by atoms with Crippen molar-refractivity contribution >= 4 is 11.6 Å². The number of carbonyl (C=O) groups excluding carboxylic acids is 2. The van der Waals surface area contributed by atoms with Crippen molar-refractivity contribution in [2.24, 2.45) is 0 Å². The molecule has 0 N–H and O–H groups in total. The lowest BCUT2D eigenvalue weighted by Crippen LogP contribution is -2.48. The van der Waals surface area contributed by atoms with E-state index in [1.54, 1.807) is 24.3 Å². The number of carbonyl (C=O) groups is 2. The van der Waals surface area contributed by atoms with E-state index in [9.17, 15) is 18.4 Å². The van der Waals surface area contributed by atoms with Crippen molar-refractivity contribution in [3.63, 3.8) is 0 Å². The summed E-state index contributed by atoms with van der Waals surface area (Å²) in [6, 6.07) is 32.6. The van der Waals surface area contributed by atoms with Crippen molar-refractivity contribution in [1.29, 1.82) is 0 Å². The molecule has 0 fully saturated rings. The SMILES string of the molecule is O=C1CC(c2ccccc2)CC2=C1C(c1ccc(F)cc1)CC1(CC(c3ccc(F)cc3)C3=C(CC(c4ccccc4)CC3=O)O1)O2. The Hall–Kier alpha value is -4.84. The molecule has 0 saturated heterocycles. The molecule has 0 aromatic heterocycles. The predicted octanol–water partition coefficient (Wildman–Crippen LogP) is 9.17. The van der Waals surface area contributed by atoms with E-state index >= 15 is 0 Å². The third-order valence-electron chi connectivity index (χ3n) is 10.4. The minimum Gasteiger partial charge on any atom is -0.456 e. The van der Waals surface area contributed by atoms with Crippen LogP contribution in [0.5, 0.6) is 0 Å². The van der Waals surface area contributed by atoms with Gasteiger partial charge in [-0.05, 0) is 58.4 Å². The van der Waals surface area contributed by atoms with E-state index in [1.165, 1.54) is 24.3 Å². The van der Waals surface area contributed by atoms with Gasteiger partial charge >= 0.3 is 0 Å². The molecule has 0 radical (unpaired) electrons. The van der Waals surface area contributed by atoms with Crippen molar-refractivity contribution < 1.29 is 27.8 Å². The van der Waals surface area contributed by atoms with Gasteiger partial charge in [0, 0.05) is 61.5 Å². The monoisotopic (exact) mass is 628 g/mol.